The monoisotopic (exact) mass is 390 g/mol. The first-order valence-electron chi connectivity index (χ1n) is 8.04. The van der Waals surface area contributed by atoms with E-state index < -0.39 is 39.4 Å². The third-order valence-corrected chi connectivity index (χ3v) is 6.42. The fraction of sp³-hybridized carbons (Fsp3) is 0.500. The van der Waals surface area contributed by atoms with Crippen LogP contribution in [0.5, 0.6) is 0 Å². The number of carbonyl (C=O) groups excluding carboxylic acids is 2. The molecule has 3 rings (SSSR count). The number of halogens is 3. The Balaban J connectivity index is 1.70. The van der Waals surface area contributed by atoms with E-state index in [9.17, 15) is 31.2 Å². The van der Waals surface area contributed by atoms with E-state index in [0.29, 0.717) is 6.42 Å². The molecule has 0 aliphatic carbocycles. The summed E-state index contributed by atoms with van der Waals surface area (Å²) < 4.78 is 62.2. The van der Waals surface area contributed by atoms with Gasteiger partial charge in [0, 0.05) is 19.0 Å². The first-order valence-corrected chi connectivity index (χ1v) is 9.86. The number of hydrogen-bond acceptors (Lipinski definition) is 4. The van der Waals surface area contributed by atoms with Crippen molar-refractivity contribution in [1.29, 1.82) is 0 Å². The van der Waals surface area contributed by atoms with E-state index in [4.69, 9.17) is 0 Å². The van der Waals surface area contributed by atoms with Crippen molar-refractivity contribution < 1.29 is 31.2 Å². The highest BCUT2D eigenvalue weighted by molar-refractivity contribution is 7.91. The number of nitrogens with zero attached hydrogens (tertiary/aromatic N) is 1. The van der Waals surface area contributed by atoms with Crippen molar-refractivity contribution in [3.8, 4) is 0 Å². The van der Waals surface area contributed by atoms with Crippen LogP contribution >= 0.6 is 0 Å². The molecule has 0 radical (unpaired) electrons. The molecule has 0 bridgehead atoms. The number of amides is 2. The summed E-state index contributed by atoms with van der Waals surface area (Å²) in [5.41, 5.74) is -1.32. The second-order valence-corrected chi connectivity index (χ2v) is 8.77. The van der Waals surface area contributed by atoms with Crippen LogP contribution in [-0.2, 0) is 25.6 Å². The van der Waals surface area contributed by atoms with Gasteiger partial charge in [-0.05, 0) is 18.6 Å². The van der Waals surface area contributed by atoms with E-state index >= 15 is 0 Å². The molecule has 2 aliphatic heterocycles. The molecule has 2 atom stereocenters. The molecule has 10 heteroatoms. The fourth-order valence-electron chi connectivity index (χ4n) is 3.36. The molecule has 2 unspecified atom stereocenters. The van der Waals surface area contributed by atoms with Crippen molar-refractivity contribution >= 4 is 27.3 Å². The van der Waals surface area contributed by atoms with Gasteiger partial charge in [0.2, 0.25) is 11.8 Å². The lowest BCUT2D eigenvalue weighted by atomic mass is 10.1. The van der Waals surface area contributed by atoms with Gasteiger partial charge in [-0.3, -0.25) is 9.59 Å². The van der Waals surface area contributed by atoms with Crippen LogP contribution in [-0.4, -0.2) is 49.2 Å². The van der Waals surface area contributed by atoms with Gasteiger partial charge in [0.1, 0.15) is 0 Å². The molecule has 26 heavy (non-hydrogen) atoms. The number of hydrogen-bond donors (Lipinski definition) is 1. The summed E-state index contributed by atoms with van der Waals surface area (Å²) >= 11 is 0. The predicted molar refractivity (Wildman–Crippen MR) is 87.0 cm³/mol. The lowest BCUT2D eigenvalue weighted by Crippen LogP contribution is -2.38. The minimum Gasteiger partial charge on any atom is -0.338 e. The van der Waals surface area contributed by atoms with Crippen LogP contribution < -0.4 is 5.32 Å². The molecule has 2 aliphatic rings. The number of nitrogens with one attached hydrogen (secondary N) is 1. The van der Waals surface area contributed by atoms with Crippen LogP contribution in [0.25, 0.3) is 0 Å². The number of benzene rings is 1. The van der Waals surface area contributed by atoms with Gasteiger partial charge >= 0.3 is 6.18 Å². The van der Waals surface area contributed by atoms with Gasteiger partial charge in [-0.25, -0.2) is 8.42 Å². The lowest BCUT2D eigenvalue weighted by Gasteiger charge is -2.23. The maximum absolute atomic E-state index is 13.0. The Labute approximate surface area is 148 Å². The van der Waals surface area contributed by atoms with E-state index in [2.05, 4.69) is 5.32 Å². The van der Waals surface area contributed by atoms with E-state index in [1.807, 2.05) is 0 Å². The van der Waals surface area contributed by atoms with E-state index in [0.717, 1.165) is 12.1 Å². The van der Waals surface area contributed by atoms with Gasteiger partial charge in [0.05, 0.1) is 28.7 Å². The largest absolute Gasteiger partial charge is 0.418 e. The summed E-state index contributed by atoms with van der Waals surface area (Å²) in [5.74, 6) is -1.98. The third kappa shape index (κ3) is 3.84. The maximum Gasteiger partial charge on any atom is 0.418 e. The number of likely N-dealkylation sites (tertiary alicyclic amines) is 1. The van der Waals surface area contributed by atoms with Crippen LogP contribution in [0.15, 0.2) is 24.3 Å². The lowest BCUT2D eigenvalue weighted by molar-refractivity contribution is -0.137. The van der Waals surface area contributed by atoms with E-state index in [1.165, 1.54) is 17.0 Å². The van der Waals surface area contributed by atoms with Crippen molar-refractivity contribution in [1.82, 2.24) is 4.90 Å². The molecular formula is C16H17F3N2O4S. The normalized spacial score (nSPS) is 25.5. The average Bonchev–Trinajstić information content (AvgIpc) is 3.09. The third-order valence-electron chi connectivity index (χ3n) is 4.67. The number of carbonyl (C=O) groups is 2. The Morgan fingerprint density at radius 3 is 2.54 bits per heavy atom. The standard InChI is InChI=1S/C16H17F3N2O4S/c17-16(18,19)12-3-1-2-4-13(12)20-15(23)10-7-14(22)21(8-10)11-5-6-26(24,25)9-11/h1-4,10-11H,5-9H2,(H,20,23). The van der Waals surface area contributed by atoms with Crippen molar-refractivity contribution in [2.45, 2.75) is 25.1 Å². The van der Waals surface area contributed by atoms with Gasteiger partial charge in [-0.2, -0.15) is 13.2 Å². The highest BCUT2D eigenvalue weighted by Gasteiger charge is 2.42. The Hall–Kier alpha value is -2.10. The number of alkyl halides is 3. The molecule has 1 aromatic rings. The van der Waals surface area contributed by atoms with Crippen LogP contribution in [0.4, 0.5) is 18.9 Å². The van der Waals surface area contributed by atoms with Crippen LogP contribution in [0.1, 0.15) is 18.4 Å². The summed E-state index contributed by atoms with van der Waals surface area (Å²) in [6.07, 6.45) is -4.44. The Morgan fingerprint density at radius 1 is 1.23 bits per heavy atom. The molecule has 0 aromatic heterocycles. The average molecular weight is 390 g/mol. The first kappa shape index (κ1) is 18.7. The van der Waals surface area contributed by atoms with E-state index in [1.54, 1.807) is 0 Å². The summed E-state index contributed by atoms with van der Waals surface area (Å²) in [6.45, 7) is 0.0129. The van der Waals surface area contributed by atoms with Gasteiger partial charge < -0.3 is 10.2 Å². The molecule has 6 nitrogen and oxygen atoms in total. The van der Waals surface area contributed by atoms with Gasteiger partial charge in [0.15, 0.2) is 9.84 Å². The Kier molecular flexibility index (Phi) is 4.72. The van der Waals surface area contributed by atoms with E-state index in [-0.39, 0.29) is 36.1 Å². The second-order valence-electron chi connectivity index (χ2n) is 6.54. The summed E-state index contributed by atoms with van der Waals surface area (Å²) in [7, 11) is -3.18. The van der Waals surface area contributed by atoms with Crippen molar-refractivity contribution in [2.75, 3.05) is 23.4 Å². The highest BCUT2D eigenvalue weighted by Crippen LogP contribution is 2.35. The maximum atomic E-state index is 13.0. The second kappa shape index (κ2) is 6.57. The molecule has 142 valence electrons. The van der Waals surface area contributed by atoms with Gasteiger partial charge in [0.25, 0.3) is 0 Å². The molecular weight excluding hydrogens is 373 g/mol. The number of para-hydroxylation sites is 1. The zero-order chi connectivity index (χ0) is 19.1. The molecule has 2 fully saturated rings. The van der Waals surface area contributed by atoms with Crippen LogP contribution in [0, 0.1) is 5.92 Å². The summed E-state index contributed by atoms with van der Waals surface area (Å²) in [6, 6.07) is 4.15. The molecule has 2 heterocycles. The zero-order valence-electron chi connectivity index (χ0n) is 13.6. The zero-order valence-corrected chi connectivity index (χ0v) is 14.4. The number of sulfone groups is 1. The molecule has 0 spiro atoms. The number of anilines is 1. The minimum absolute atomic E-state index is 0.00271. The van der Waals surface area contributed by atoms with Gasteiger partial charge in [-0.1, -0.05) is 12.1 Å². The molecule has 1 aromatic carbocycles. The fourth-order valence-corrected chi connectivity index (χ4v) is 5.09. The predicted octanol–water partition coefficient (Wildman–Crippen LogP) is 1.68. The van der Waals surface area contributed by atoms with Crippen LogP contribution in [0.2, 0.25) is 0 Å². The van der Waals surface area contributed by atoms with Crippen molar-refractivity contribution in [2.24, 2.45) is 5.92 Å². The first-order chi connectivity index (χ1) is 12.1. The quantitative estimate of drug-likeness (QED) is 0.851. The van der Waals surface area contributed by atoms with Crippen molar-refractivity contribution in [3.63, 3.8) is 0 Å². The molecule has 0 saturated carbocycles. The topological polar surface area (TPSA) is 83.6 Å². The molecule has 2 saturated heterocycles. The van der Waals surface area contributed by atoms with Crippen molar-refractivity contribution in [3.05, 3.63) is 29.8 Å². The molecule has 2 amide bonds. The summed E-state index contributed by atoms with van der Waals surface area (Å²) in [5, 5.41) is 2.25. The minimum atomic E-state index is -4.61. The highest BCUT2D eigenvalue weighted by atomic mass is 32.2. The molecule has 1 N–H and O–H groups in total. The number of rotatable bonds is 3. The Bertz CT molecular complexity index is 838. The smallest absolute Gasteiger partial charge is 0.338 e. The SMILES string of the molecule is O=C(Nc1ccccc1C(F)(F)F)C1CC(=O)N(C2CCS(=O)(=O)C2)C1. The Morgan fingerprint density at radius 2 is 1.92 bits per heavy atom. The summed E-state index contributed by atoms with van der Waals surface area (Å²) in [4.78, 5) is 25.9. The van der Waals surface area contributed by atoms with Gasteiger partial charge in [-0.15, -0.1) is 0 Å². The van der Waals surface area contributed by atoms with Crippen LogP contribution in [0.3, 0.4) is 0 Å².